The predicted octanol–water partition coefficient (Wildman–Crippen LogP) is 4.06. The summed E-state index contributed by atoms with van der Waals surface area (Å²) in [4.78, 5) is 27.6. The van der Waals surface area contributed by atoms with Crippen molar-refractivity contribution in [2.24, 2.45) is 5.92 Å². The molecular formula is C28H34N4O5. The molecule has 0 atom stereocenters. The van der Waals surface area contributed by atoms with E-state index in [9.17, 15) is 9.59 Å². The van der Waals surface area contributed by atoms with Gasteiger partial charge in [-0.3, -0.25) is 9.59 Å². The lowest BCUT2D eigenvalue weighted by Crippen LogP contribution is -2.31. The van der Waals surface area contributed by atoms with Crippen molar-refractivity contribution >= 4 is 5.91 Å². The number of ether oxygens (including phenoxy) is 3. The fraction of sp³-hybridized carbons (Fsp3) is 0.429. The molecule has 2 N–H and O–H groups in total. The van der Waals surface area contributed by atoms with E-state index >= 15 is 0 Å². The normalized spacial score (nSPS) is 13.7. The molecule has 3 aromatic rings. The first kappa shape index (κ1) is 26.2. The number of benzene rings is 2. The van der Waals surface area contributed by atoms with E-state index in [1.54, 1.807) is 32.4 Å². The number of aryl methyl sites for hydroxylation is 1. The van der Waals surface area contributed by atoms with Gasteiger partial charge in [0.05, 0.1) is 14.2 Å². The lowest BCUT2D eigenvalue weighted by molar-refractivity contribution is -0.121. The molecule has 9 heteroatoms. The third-order valence-corrected chi connectivity index (χ3v) is 6.63. The maximum atomic E-state index is 12.6. The zero-order valence-electron chi connectivity index (χ0n) is 21.4. The first-order valence-electron chi connectivity index (χ1n) is 12.7. The van der Waals surface area contributed by atoms with Crippen molar-refractivity contribution in [3.8, 4) is 28.6 Å². The van der Waals surface area contributed by atoms with E-state index in [0.717, 1.165) is 11.3 Å². The van der Waals surface area contributed by atoms with Gasteiger partial charge < -0.3 is 24.5 Å². The molecule has 0 unspecified atom stereocenters. The Morgan fingerprint density at radius 1 is 1.03 bits per heavy atom. The summed E-state index contributed by atoms with van der Waals surface area (Å²) < 4.78 is 16.7. The van der Waals surface area contributed by atoms with Crippen molar-refractivity contribution in [2.75, 3.05) is 20.8 Å². The Morgan fingerprint density at radius 3 is 2.62 bits per heavy atom. The fourth-order valence-corrected chi connectivity index (χ4v) is 4.48. The van der Waals surface area contributed by atoms with Crippen LogP contribution < -0.4 is 25.1 Å². The number of hydrogen-bond donors (Lipinski definition) is 2. The Kier molecular flexibility index (Phi) is 9.13. The summed E-state index contributed by atoms with van der Waals surface area (Å²) in [7, 11) is 3.17. The second-order valence-electron chi connectivity index (χ2n) is 9.26. The van der Waals surface area contributed by atoms with Gasteiger partial charge in [0, 0.05) is 24.9 Å². The van der Waals surface area contributed by atoms with Crippen LogP contribution in [0.5, 0.6) is 17.2 Å². The van der Waals surface area contributed by atoms with Crippen LogP contribution in [-0.4, -0.2) is 41.9 Å². The molecule has 1 aliphatic carbocycles. The van der Waals surface area contributed by atoms with E-state index in [0.29, 0.717) is 42.0 Å². The molecule has 2 aromatic carbocycles. The molecule has 1 saturated carbocycles. The van der Waals surface area contributed by atoms with E-state index in [-0.39, 0.29) is 30.0 Å². The molecule has 0 saturated heterocycles. The minimum absolute atomic E-state index is 0.0647. The maximum Gasteiger partial charge on any atom is 0.273 e. The van der Waals surface area contributed by atoms with Crippen LogP contribution >= 0.6 is 0 Å². The summed E-state index contributed by atoms with van der Waals surface area (Å²) >= 11 is 0. The van der Waals surface area contributed by atoms with Crippen LogP contribution in [0.4, 0.5) is 0 Å². The summed E-state index contributed by atoms with van der Waals surface area (Å²) in [5.41, 5.74) is 1.47. The molecule has 0 bridgehead atoms. The molecular weight excluding hydrogens is 472 g/mol. The monoisotopic (exact) mass is 506 g/mol. The lowest BCUT2D eigenvalue weighted by Gasteiger charge is -2.21. The van der Waals surface area contributed by atoms with Crippen molar-refractivity contribution in [2.45, 2.75) is 51.6 Å². The Morgan fingerprint density at radius 2 is 1.86 bits per heavy atom. The molecule has 37 heavy (non-hydrogen) atoms. The highest BCUT2D eigenvalue weighted by molar-refractivity contribution is 5.76. The van der Waals surface area contributed by atoms with Crippen molar-refractivity contribution in [3.05, 3.63) is 64.1 Å². The van der Waals surface area contributed by atoms with E-state index in [2.05, 4.69) is 20.5 Å². The largest absolute Gasteiger partial charge is 0.497 e. The highest BCUT2D eigenvalue weighted by Crippen LogP contribution is 2.32. The number of hydrogen-bond acceptors (Lipinski definition) is 7. The molecule has 1 aliphatic rings. The van der Waals surface area contributed by atoms with Crippen LogP contribution in [0.1, 0.15) is 49.8 Å². The number of aromatic nitrogens is 3. The van der Waals surface area contributed by atoms with Crippen molar-refractivity contribution in [1.29, 1.82) is 0 Å². The Bertz CT molecular complexity index is 1250. The number of carbonyl (C=O) groups is 1. The number of methoxy groups -OCH3 is 2. The Hall–Kier alpha value is -3.88. The van der Waals surface area contributed by atoms with Crippen LogP contribution in [0, 0.1) is 5.92 Å². The highest BCUT2D eigenvalue weighted by Gasteiger charge is 2.15. The van der Waals surface area contributed by atoms with Gasteiger partial charge in [0.2, 0.25) is 5.91 Å². The summed E-state index contributed by atoms with van der Waals surface area (Å²) in [6.45, 7) is 1.05. The lowest BCUT2D eigenvalue weighted by atomic mass is 9.89. The molecule has 1 fully saturated rings. The molecule has 4 rings (SSSR count). The summed E-state index contributed by atoms with van der Waals surface area (Å²) in [6.07, 6.45) is 6.55. The quantitative estimate of drug-likeness (QED) is 0.403. The topological polar surface area (TPSA) is 115 Å². The average Bonchev–Trinajstić information content (AvgIpc) is 2.94. The predicted molar refractivity (Wildman–Crippen MR) is 140 cm³/mol. The summed E-state index contributed by atoms with van der Waals surface area (Å²) in [5, 5.41) is 11.3. The standard InChI is InChI=1S/C28H34N4O5/c1-35-22-10-6-9-20(15-22)18-37-24-13-11-21(16-25(24)36-2)27-30-28(34)23(31-32-27)12-14-26(33)29-17-19-7-4-3-5-8-19/h6,9-11,13,15-16,19H,3-5,7-8,12,14,17-18H2,1-2H3,(H,29,33)(H,30,32,34). The van der Waals surface area contributed by atoms with E-state index < -0.39 is 0 Å². The Balaban J connectivity index is 1.35. The molecule has 0 spiro atoms. The van der Waals surface area contributed by atoms with Gasteiger partial charge in [0.1, 0.15) is 18.1 Å². The zero-order valence-corrected chi connectivity index (χ0v) is 21.4. The van der Waals surface area contributed by atoms with Gasteiger partial charge in [-0.25, -0.2) is 0 Å². The van der Waals surface area contributed by atoms with E-state index in [1.807, 2.05) is 24.3 Å². The average molecular weight is 507 g/mol. The molecule has 1 aromatic heterocycles. The van der Waals surface area contributed by atoms with Gasteiger partial charge in [-0.1, -0.05) is 31.4 Å². The number of nitrogens with zero attached hydrogens (tertiary/aromatic N) is 2. The number of nitrogens with one attached hydrogen (secondary N) is 2. The number of aromatic amines is 1. The van der Waals surface area contributed by atoms with Gasteiger partial charge in [-0.15, -0.1) is 10.2 Å². The third-order valence-electron chi connectivity index (χ3n) is 6.63. The zero-order chi connectivity index (χ0) is 26.0. The SMILES string of the molecule is COc1cccc(COc2ccc(-c3nnc(CCC(=O)NCC4CCCCC4)c(=O)[nH]3)cc2OC)c1. The van der Waals surface area contributed by atoms with Gasteiger partial charge in [-0.05, 0) is 54.7 Å². The number of rotatable bonds is 11. The van der Waals surface area contributed by atoms with E-state index in [4.69, 9.17) is 14.2 Å². The molecule has 196 valence electrons. The van der Waals surface area contributed by atoms with Crippen LogP contribution in [-0.2, 0) is 17.8 Å². The van der Waals surface area contributed by atoms with Gasteiger partial charge in [-0.2, -0.15) is 0 Å². The van der Waals surface area contributed by atoms with Crippen molar-refractivity contribution in [3.63, 3.8) is 0 Å². The molecule has 0 aliphatic heterocycles. The first-order valence-corrected chi connectivity index (χ1v) is 12.7. The van der Waals surface area contributed by atoms with Gasteiger partial charge in [0.25, 0.3) is 5.56 Å². The number of carbonyl (C=O) groups excluding carboxylic acids is 1. The van der Waals surface area contributed by atoms with Crippen LogP contribution in [0.3, 0.4) is 0 Å². The van der Waals surface area contributed by atoms with Crippen molar-refractivity contribution < 1.29 is 19.0 Å². The van der Waals surface area contributed by atoms with Crippen LogP contribution in [0.25, 0.3) is 11.4 Å². The van der Waals surface area contributed by atoms with Crippen LogP contribution in [0.15, 0.2) is 47.3 Å². The molecule has 1 amide bonds. The highest BCUT2D eigenvalue weighted by atomic mass is 16.5. The molecule has 1 heterocycles. The van der Waals surface area contributed by atoms with Gasteiger partial charge >= 0.3 is 0 Å². The first-order chi connectivity index (χ1) is 18.1. The maximum absolute atomic E-state index is 12.6. The van der Waals surface area contributed by atoms with E-state index in [1.165, 1.54) is 32.1 Å². The van der Waals surface area contributed by atoms with Gasteiger partial charge in [0.15, 0.2) is 17.3 Å². The minimum Gasteiger partial charge on any atom is -0.497 e. The van der Waals surface area contributed by atoms with Crippen LogP contribution in [0.2, 0.25) is 0 Å². The number of amides is 1. The Labute approximate surface area is 216 Å². The minimum atomic E-state index is -0.359. The second-order valence-corrected chi connectivity index (χ2v) is 9.26. The smallest absolute Gasteiger partial charge is 0.273 e. The summed E-state index contributed by atoms with van der Waals surface area (Å²) in [6, 6.07) is 12.9. The third kappa shape index (κ3) is 7.31. The van der Waals surface area contributed by atoms with Crippen molar-refractivity contribution in [1.82, 2.24) is 20.5 Å². The summed E-state index contributed by atoms with van der Waals surface area (Å²) in [5.74, 6) is 2.63. The molecule has 0 radical (unpaired) electrons. The second kappa shape index (κ2) is 12.9. The fourth-order valence-electron chi connectivity index (χ4n) is 4.48. The number of H-pyrrole nitrogens is 1. The molecule has 9 nitrogen and oxygen atoms in total.